The average Bonchev–Trinajstić information content (AvgIpc) is 1.59. The number of rotatable bonds is 9. The monoisotopic (exact) mass is 1540 g/mol. The van der Waals surface area contributed by atoms with Crippen LogP contribution < -0.4 is 18.3 Å². The Bertz CT molecular complexity index is 7340. The summed E-state index contributed by atoms with van der Waals surface area (Å²) in [5.41, 5.74) is 22.1. The van der Waals surface area contributed by atoms with Crippen LogP contribution in [0, 0.1) is 39.0 Å². The lowest BCUT2D eigenvalue weighted by Crippen LogP contribution is -2.31. The SMILES string of the molecule is [2H]C([2H])([2H])C([2H])(C)c1cc[n+](C)c(-c2ccc3c(oc4c5ccccc5ccc34)c2C)c1.[2H]C([2H])(c1cc[n+](C)c(-c2ccc3c(oc4c5ccccc5ccc34)c2C)c1)C(C)(C)C.[2H]C([2H])(c1cc[n+](C)c(-c2ccc3c(oc4c5ccccc5ccc34)c2C)c1)C(C)C.[2H]C1(c2cc[n+](C)c(-c3ccc4c(oc5c6ccccc6ccc45)c3C)c2)CCCC1. The molecule has 8 nitrogen and oxygen atoms in total. The number of furan rings is 4. The van der Waals surface area contributed by atoms with Crippen molar-refractivity contribution in [2.75, 3.05) is 0 Å². The van der Waals surface area contributed by atoms with E-state index in [9.17, 15) is 0 Å². The highest BCUT2D eigenvalue weighted by Gasteiger charge is 2.28. The number of nitrogens with zero attached hydrogens (tertiary/aromatic N) is 4. The zero-order chi connectivity index (χ0) is 88.8. The van der Waals surface area contributed by atoms with Crippen LogP contribution in [0.1, 0.15) is 143 Å². The van der Waals surface area contributed by atoms with Crippen LogP contribution in [0.5, 0.6) is 0 Å². The van der Waals surface area contributed by atoms with Crippen molar-refractivity contribution >= 4 is 131 Å². The maximum absolute atomic E-state index is 8.96. The van der Waals surface area contributed by atoms with E-state index in [-0.39, 0.29) is 5.92 Å². The van der Waals surface area contributed by atoms with E-state index in [0.29, 0.717) is 16.7 Å². The van der Waals surface area contributed by atoms with Gasteiger partial charge in [-0.2, -0.15) is 0 Å². The summed E-state index contributed by atoms with van der Waals surface area (Å²) < 4.78 is 109. The second-order valence-corrected chi connectivity index (χ2v) is 33.3. The van der Waals surface area contributed by atoms with Crippen molar-refractivity contribution in [3.8, 4) is 45.0 Å². The molecule has 8 heteroatoms. The fraction of sp³-hybridized carbons (Fsp3) is 0.229. The van der Waals surface area contributed by atoms with E-state index in [4.69, 9.17) is 30.0 Å². The number of aromatic nitrogens is 4. The highest BCUT2D eigenvalue weighted by Crippen LogP contribution is 2.45. The van der Waals surface area contributed by atoms with Crippen LogP contribution in [-0.2, 0) is 40.9 Å². The summed E-state index contributed by atoms with van der Waals surface area (Å²) >= 11 is 0. The van der Waals surface area contributed by atoms with Gasteiger partial charge < -0.3 is 17.7 Å². The van der Waals surface area contributed by atoms with Crippen molar-refractivity contribution in [1.82, 2.24) is 0 Å². The van der Waals surface area contributed by atoms with Gasteiger partial charge in [0, 0.05) is 148 Å². The molecule has 0 spiro atoms. The lowest BCUT2D eigenvalue weighted by Gasteiger charge is -2.18. The van der Waals surface area contributed by atoms with E-state index in [1.807, 2.05) is 157 Å². The number of fused-ring (bicyclic) bond motifs is 20. The van der Waals surface area contributed by atoms with E-state index in [2.05, 4.69) is 213 Å². The van der Waals surface area contributed by atoms with Crippen molar-refractivity contribution in [2.45, 2.75) is 126 Å². The number of hydrogen-bond donors (Lipinski definition) is 0. The molecule has 0 radical (unpaired) electrons. The van der Waals surface area contributed by atoms with Gasteiger partial charge in [-0.1, -0.05) is 183 Å². The Labute approximate surface area is 698 Å². The van der Waals surface area contributed by atoms with Crippen molar-refractivity contribution < 1.29 is 48.3 Å². The minimum absolute atomic E-state index is 0.111. The molecule has 0 amide bonds. The maximum Gasteiger partial charge on any atom is 0.212 e. The highest BCUT2D eigenvalue weighted by atomic mass is 16.3. The van der Waals surface area contributed by atoms with E-state index >= 15 is 0 Å². The molecule has 1 saturated carbocycles. The van der Waals surface area contributed by atoms with Crippen LogP contribution in [0.2, 0.25) is 0 Å². The third kappa shape index (κ3) is 14.0. The summed E-state index contributed by atoms with van der Waals surface area (Å²) in [5, 5.41) is 18.1. The molecule has 0 N–H and O–H groups in total. The second-order valence-electron chi connectivity index (χ2n) is 33.3. The third-order valence-electron chi connectivity index (χ3n) is 23.8. The molecule has 20 aromatic rings. The Morgan fingerprint density at radius 1 is 0.368 bits per heavy atom. The van der Waals surface area contributed by atoms with Crippen LogP contribution in [0.4, 0.5) is 0 Å². The first kappa shape index (κ1) is 65.7. The Kier molecular flexibility index (Phi) is 17.2. The third-order valence-corrected chi connectivity index (χ3v) is 23.8. The van der Waals surface area contributed by atoms with E-state index in [0.717, 1.165) is 208 Å². The number of hydrogen-bond acceptors (Lipinski definition) is 4. The zero-order valence-electron chi connectivity index (χ0n) is 78.2. The highest BCUT2D eigenvalue weighted by molar-refractivity contribution is 6.20. The number of aryl methyl sites for hydroxylation is 8. The lowest BCUT2D eigenvalue weighted by molar-refractivity contribution is -0.660. The van der Waals surface area contributed by atoms with Gasteiger partial charge in [-0.3, -0.25) is 0 Å². The Morgan fingerprint density at radius 2 is 0.675 bits per heavy atom. The topological polar surface area (TPSA) is 68.1 Å². The average molecular weight is 1540 g/mol. The molecule has 0 aliphatic heterocycles. The molecule has 0 saturated heterocycles. The first-order valence-electron chi connectivity index (χ1n) is 45.4. The predicted molar refractivity (Wildman–Crippen MR) is 487 cm³/mol. The Morgan fingerprint density at radius 3 is 1.03 bits per heavy atom. The molecule has 1 fully saturated rings. The molecule has 0 bridgehead atoms. The first-order valence-corrected chi connectivity index (χ1v) is 40.9. The van der Waals surface area contributed by atoms with Crippen LogP contribution in [0.15, 0.2) is 285 Å². The molecule has 1 atom stereocenters. The molecule has 12 aromatic carbocycles. The summed E-state index contributed by atoms with van der Waals surface area (Å²) in [5.74, 6) is -2.26. The number of pyridine rings is 4. The summed E-state index contributed by atoms with van der Waals surface area (Å²) in [6.45, 7) is 17.0. The van der Waals surface area contributed by atoms with Gasteiger partial charge >= 0.3 is 0 Å². The van der Waals surface area contributed by atoms with E-state index in [1.165, 1.54) is 28.6 Å². The molecular weight excluding hydrogens is 1430 g/mol. The van der Waals surface area contributed by atoms with Gasteiger partial charge in [0.15, 0.2) is 24.8 Å². The summed E-state index contributed by atoms with van der Waals surface area (Å²) in [4.78, 5) is 0. The molecule has 1 aliphatic carbocycles. The fourth-order valence-corrected chi connectivity index (χ4v) is 17.7. The van der Waals surface area contributed by atoms with Gasteiger partial charge in [0.05, 0.1) is 22.3 Å². The molecule has 8 aromatic heterocycles. The van der Waals surface area contributed by atoms with Crippen LogP contribution in [-0.4, -0.2) is 0 Å². The first-order chi connectivity index (χ1) is 60.0. The normalized spacial score (nSPS) is 15.1. The van der Waals surface area contributed by atoms with E-state index < -0.39 is 36.8 Å². The minimum atomic E-state index is -2.43. The summed E-state index contributed by atoms with van der Waals surface area (Å²) in [7, 11) is 8.01. The summed E-state index contributed by atoms with van der Waals surface area (Å²) in [6, 6.07) is 83.0. The molecule has 1 aliphatic rings. The van der Waals surface area contributed by atoms with E-state index in [1.54, 1.807) is 6.07 Å². The van der Waals surface area contributed by atoms with Gasteiger partial charge in [0.2, 0.25) is 22.8 Å². The maximum atomic E-state index is 8.96. The standard InChI is InChI=1S/C28H26NO.C28H28NO.C27H26NO.C26H24NO/c1-18-22(26-17-21(15-16-29(26)2)19-7-3-4-8-19)13-14-24-25-12-11-20-9-5-6-10-23(20)28(25)30-27(18)24;1-18-21(25-16-19(14-15-29(25)5)17-28(2,3)4)12-13-23-24-11-10-20-8-6-7-9-22(20)27(24)30-26(18)23;1-17(2)15-19-13-14-28(4)25(16-19)21-11-12-23-24-10-9-20-7-5-6-8-22(20)27(24)29-26(23)18(21)3;1-16(2)19-13-14-27(4)24(15-19)20-11-12-22-23-10-9-18-7-5-6-8-21(18)26(23)28-25(22)17(20)3/h5-6,9-17,19H,3-4,7-8H2,1-2H3;6-16H,17H2,1-5H3;5-14,16-17H,15H2,1-4H3;5-16H,1-4H3/q4*+1/i19D;17D2;15D2;1D3,16D. The van der Waals surface area contributed by atoms with Gasteiger partial charge in [-0.05, 0) is 193 Å². The lowest BCUT2D eigenvalue weighted by atomic mass is 9.88. The Hall–Kier alpha value is -12.5. The fourth-order valence-electron chi connectivity index (χ4n) is 17.7. The van der Waals surface area contributed by atoms with Gasteiger partial charge in [-0.25, -0.2) is 18.3 Å². The number of benzene rings is 12. The second kappa shape index (κ2) is 30.6. The molecule has 117 heavy (non-hydrogen) atoms. The smallest absolute Gasteiger partial charge is 0.212 e. The molecular formula is C109H104N4O4+4. The van der Waals surface area contributed by atoms with Crippen LogP contribution in [0.3, 0.4) is 0 Å². The largest absolute Gasteiger partial charge is 0.455 e. The van der Waals surface area contributed by atoms with Crippen molar-refractivity contribution in [1.29, 1.82) is 0 Å². The van der Waals surface area contributed by atoms with Gasteiger partial charge in [0.25, 0.3) is 0 Å². The Balaban J connectivity index is 0.000000114. The zero-order valence-corrected chi connectivity index (χ0v) is 69.2. The summed E-state index contributed by atoms with van der Waals surface area (Å²) in [6.07, 6.45) is 9.18. The van der Waals surface area contributed by atoms with Gasteiger partial charge in [-0.15, -0.1) is 0 Å². The van der Waals surface area contributed by atoms with Crippen molar-refractivity contribution in [3.63, 3.8) is 0 Å². The van der Waals surface area contributed by atoms with Crippen molar-refractivity contribution in [2.24, 2.45) is 39.5 Å². The molecule has 1 unspecified atom stereocenters. The van der Waals surface area contributed by atoms with Crippen LogP contribution in [0.25, 0.3) is 176 Å². The quantitative estimate of drug-likeness (QED) is 0.135. The molecule has 8 heterocycles. The molecule has 21 rings (SSSR count). The van der Waals surface area contributed by atoms with Crippen molar-refractivity contribution in [3.05, 3.63) is 312 Å². The van der Waals surface area contributed by atoms with Crippen LogP contribution >= 0.6 is 0 Å². The predicted octanol–water partition coefficient (Wildman–Crippen LogP) is 27.7. The minimum Gasteiger partial charge on any atom is -0.455 e. The molecule has 580 valence electrons. The van der Waals surface area contributed by atoms with Gasteiger partial charge in [0.1, 0.15) is 72.9 Å².